The van der Waals surface area contributed by atoms with Crippen LogP contribution in [0.3, 0.4) is 0 Å². The number of aromatic nitrogens is 3. The zero-order valence-corrected chi connectivity index (χ0v) is 29.6. The minimum atomic E-state index is 0.543. The van der Waals surface area contributed by atoms with Crippen molar-refractivity contribution in [2.24, 2.45) is 0 Å². The highest BCUT2D eigenvalue weighted by Gasteiger charge is 2.19. The Kier molecular flexibility index (Phi) is 7.10. The molecule has 11 aromatic rings. The highest BCUT2D eigenvalue weighted by Crippen LogP contribution is 2.43. The quantitative estimate of drug-likeness (QED) is 0.173. The van der Waals surface area contributed by atoms with Gasteiger partial charge in [-0.05, 0) is 106 Å². The van der Waals surface area contributed by atoms with Gasteiger partial charge < -0.3 is 13.4 Å². The van der Waals surface area contributed by atoms with Gasteiger partial charge in [-0.1, -0.05) is 115 Å². The summed E-state index contributed by atoms with van der Waals surface area (Å²) in [4.78, 5) is 9.76. The maximum atomic E-state index is 6.32. The fourth-order valence-corrected chi connectivity index (χ4v) is 7.96. The SMILES string of the molecule is c1ccc(-n2c3ccccc3c3cc(-c4ccccc4-c4ccccc4-c4cc(-c5nc6ccccc6o5)cc(-c5nc6ccccc6o5)c4)ccc32)cc1. The average Bonchev–Trinajstić information content (AvgIpc) is 3.98. The summed E-state index contributed by atoms with van der Waals surface area (Å²) in [5.74, 6) is 1.09. The van der Waals surface area contributed by atoms with Gasteiger partial charge in [0.1, 0.15) is 11.0 Å². The monoisotopic (exact) mass is 705 g/mol. The van der Waals surface area contributed by atoms with E-state index in [1.54, 1.807) is 0 Å². The molecule has 11 rings (SSSR count). The lowest BCUT2D eigenvalue weighted by atomic mass is 9.88. The Morgan fingerprint density at radius 3 is 1.47 bits per heavy atom. The molecule has 3 aromatic heterocycles. The lowest BCUT2D eigenvalue weighted by Crippen LogP contribution is -1.93. The number of hydrogen-bond donors (Lipinski definition) is 0. The second-order valence-electron chi connectivity index (χ2n) is 13.8. The molecule has 5 heteroatoms. The van der Waals surface area contributed by atoms with E-state index in [0.717, 1.165) is 72.4 Å². The van der Waals surface area contributed by atoms with Crippen LogP contribution >= 0.6 is 0 Å². The molecule has 0 atom stereocenters. The number of nitrogens with zero attached hydrogens (tertiary/aromatic N) is 3. The van der Waals surface area contributed by atoms with Crippen LogP contribution in [-0.2, 0) is 0 Å². The average molecular weight is 706 g/mol. The van der Waals surface area contributed by atoms with E-state index in [9.17, 15) is 0 Å². The Balaban J connectivity index is 1.09. The van der Waals surface area contributed by atoms with Crippen molar-refractivity contribution in [3.05, 3.63) is 188 Å². The van der Waals surface area contributed by atoms with Crippen LogP contribution < -0.4 is 0 Å². The number of rotatable bonds is 6. The van der Waals surface area contributed by atoms with Crippen molar-refractivity contribution in [1.29, 1.82) is 0 Å². The normalized spacial score (nSPS) is 11.6. The van der Waals surface area contributed by atoms with Crippen molar-refractivity contribution in [3.8, 4) is 62.0 Å². The van der Waals surface area contributed by atoms with Gasteiger partial charge >= 0.3 is 0 Å². The molecule has 3 heterocycles. The van der Waals surface area contributed by atoms with Crippen LogP contribution in [0.25, 0.3) is 106 Å². The predicted molar refractivity (Wildman–Crippen MR) is 223 cm³/mol. The summed E-state index contributed by atoms with van der Waals surface area (Å²) in [6.45, 7) is 0. The van der Waals surface area contributed by atoms with Gasteiger partial charge in [-0.3, -0.25) is 0 Å². The van der Waals surface area contributed by atoms with Gasteiger partial charge in [0.05, 0.1) is 11.0 Å². The molecule has 0 aliphatic rings. The van der Waals surface area contributed by atoms with Gasteiger partial charge in [0.25, 0.3) is 0 Å². The van der Waals surface area contributed by atoms with E-state index in [1.165, 1.54) is 21.8 Å². The van der Waals surface area contributed by atoms with Gasteiger partial charge in [-0.15, -0.1) is 0 Å². The van der Waals surface area contributed by atoms with Crippen LogP contribution in [-0.4, -0.2) is 14.5 Å². The van der Waals surface area contributed by atoms with Gasteiger partial charge in [-0.25, -0.2) is 9.97 Å². The van der Waals surface area contributed by atoms with E-state index in [1.807, 2.05) is 48.5 Å². The highest BCUT2D eigenvalue weighted by atomic mass is 16.4. The van der Waals surface area contributed by atoms with Crippen LogP contribution in [0, 0.1) is 0 Å². The molecule has 0 aliphatic heterocycles. The standard InChI is InChI=1S/C50H31N3O2/c1-2-14-36(15-3-1)53-45-23-11-8-20-41(45)42-31-32(26-27-46(42)53)37-16-4-6-18-39(37)40-19-7-5-17-38(40)33-28-34(49-51-43-21-9-12-24-47(43)54-49)30-35(29-33)50-52-44-22-10-13-25-48(44)55-50/h1-31H. The number of para-hydroxylation sites is 6. The zero-order chi connectivity index (χ0) is 36.3. The molecule has 55 heavy (non-hydrogen) atoms. The first-order valence-corrected chi connectivity index (χ1v) is 18.4. The van der Waals surface area contributed by atoms with Crippen LogP contribution in [0.5, 0.6) is 0 Å². The molecule has 0 saturated heterocycles. The predicted octanol–water partition coefficient (Wildman–Crippen LogP) is 13.4. The summed E-state index contributed by atoms with van der Waals surface area (Å²) >= 11 is 0. The smallest absolute Gasteiger partial charge is 0.227 e. The van der Waals surface area contributed by atoms with Crippen molar-refractivity contribution >= 4 is 44.0 Å². The Labute approximate surface area is 316 Å². The topological polar surface area (TPSA) is 57.0 Å². The summed E-state index contributed by atoms with van der Waals surface area (Å²) in [7, 11) is 0. The minimum Gasteiger partial charge on any atom is -0.436 e. The van der Waals surface area contributed by atoms with Crippen molar-refractivity contribution < 1.29 is 8.83 Å². The maximum Gasteiger partial charge on any atom is 0.227 e. The summed E-state index contributed by atoms with van der Waals surface area (Å²) in [5, 5.41) is 2.44. The number of hydrogen-bond acceptors (Lipinski definition) is 4. The third-order valence-electron chi connectivity index (χ3n) is 10.5. The fraction of sp³-hybridized carbons (Fsp3) is 0. The van der Waals surface area contributed by atoms with Crippen molar-refractivity contribution in [3.63, 3.8) is 0 Å². The molecule has 0 unspecified atom stereocenters. The fourth-order valence-electron chi connectivity index (χ4n) is 7.96. The largest absolute Gasteiger partial charge is 0.436 e. The van der Waals surface area contributed by atoms with Crippen molar-refractivity contribution in [2.75, 3.05) is 0 Å². The van der Waals surface area contributed by atoms with Gasteiger partial charge in [0.15, 0.2) is 11.2 Å². The first-order chi connectivity index (χ1) is 27.2. The molecular weight excluding hydrogens is 675 g/mol. The van der Waals surface area contributed by atoms with Crippen molar-refractivity contribution in [1.82, 2.24) is 14.5 Å². The number of oxazole rings is 2. The third-order valence-corrected chi connectivity index (χ3v) is 10.5. The maximum absolute atomic E-state index is 6.32. The van der Waals surface area contributed by atoms with Crippen molar-refractivity contribution in [2.45, 2.75) is 0 Å². The summed E-state index contributed by atoms with van der Waals surface area (Å²) in [6.07, 6.45) is 0. The van der Waals surface area contributed by atoms with E-state index >= 15 is 0 Å². The third kappa shape index (κ3) is 5.24. The van der Waals surface area contributed by atoms with E-state index < -0.39 is 0 Å². The lowest BCUT2D eigenvalue weighted by molar-refractivity contribution is 0.617. The van der Waals surface area contributed by atoms with Gasteiger partial charge in [0.2, 0.25) is 11.8 Å². The second-order valence-corrected chi connectivity index (χ2v) is 13.8. The Morgan fingerprint density at radius 2 is 0.836 bits per heavy atom. The molecule has 258 valence electrons. The molecule has 5 nitrogen and oxygen atoms in total. The minimum absolute atomic E-state index is 0.543. The Morgan fingerprint density at radius 1 is 0.345 bits per heavy atom. The van der Waals surface area contributed by atoms with E-state index in [4.69, 9.17) is 18.8 Å². The Bertz CT molecular complexity index is 3060. The van der Waals surface area contributed by atoms with Crippen LogP contribution in [0.1, 0.15) is 0 Å². The summed E-state index contributed by atoms with van der Waals surface area (Å²) in [6, 6.07) is 65.5. The van der Waals surface area contributed by atoms with Crippen LogP contribution in [0.15, 0.2) is 197 Å². The van der Waals surface area contributed by atoms with Crippen LogP contribution in [0.4, 0.5) is 0 Å². The molecule has 0 bridgehead atoms. The van der Waals surface area contributed by atoms with Gasteiger partial charge in [0, 0.05) is 27.6 Å². The number of benzene rings is 8. The van der Waals surface area contributed by atoms with Crippen LogP contribution in [0.2, 0.25) is 0 Å². The molecule has 8 aromatic carbocycles. The first-order valence-electron chi connectivity index (χ1n) is 18.4. The first kappa shape index (κ1) is 31.1. The summed E-state index contributed by atoms with van der Waals surface area (Å²) in [5.41, 5.74) is 14.9. The van der Waals surface area contributed by atoms with E-state index in [-0.39, 0.29) is 0 Å². The highest BCUT2D eigenvalue weighted by molar-refractivity contribution is 6.11. The molecule has 0 N–H and O–H groups in total. The second kappa shape index (κ2) is 12.6. The molecule has 0 radical (unpaired) electrons. The molecule has 0 aliphatic carbocycles. The molecule has 0 fully saturated rings. The summed E-state index contributed by atoms with van der Waals surface area (Å²) < 4.78 is 15.0. The molecular formula is C50H31N3O2. The molecule has 0 amide bonds. The van der Waals surface area contributed by atoms with Gasteiger partial charge in [-0.2, -0.15) is 0 Å². The molecule has 0 spiro atoms. The lowest BCUT2D eigenvalue weighted by Gasteiger charge is -2.16. The Hall–Kier alpha value is -7.50. The van der Waals surface area contributed by atoms with E-state index in [0.29, 0.717) is 11.8 Å². The molecule has 0 saturated carbocycles. The number of fused-ring (bicyclic) bond motifs is 5. The zero-order valence-electron chi connectivity index (χ0n) is 29.6. The van der Waals surface area contributed by atoms with E-state index in [2.05, 4.69) is 144 Å².